The van der Waals surface area contributed by atoms with E-state index in [4.69, 9.17) is 10.7 Å². The molecule has 2 aromatic carbocycles. The van der Waals surface area contributed by atoms with Gasteiger partial charge in [-0.1, -0.05) is 12.1 Å². The van der Waals surface area contributed by atoms with Gasteiger partial charge in [-0.3, -0.25) is 4.79 Å². The lowest BCUT2D eigenvalue weighted by Gasteiger charge is -2.33. The number of carbonyl (C=O) groups is 1. The number of nitrogens with two attached hydrogens (primary N) is 1. The second-order valence-corrected chi connectivity index (χ2v) is 9.83. The molecule has 0 unspecified atom stereocenters. The molecule has 7 nitrogen and oxygen atoms in total. The molecular weight excluding hydrogens is 424 g/mol. The minimum absolute atomic E-state index is 0.0503. The molecule has 0 spiro atoms. The van der Waals surface area contributed by atoms with Gasteiger partial charge in [-0.05, 0) is 94.6 Å². The number of hydrogen-bond donors (Lipinski definition) is 2. The molecule has 1 atom stereocenters. The molecule has 2 heterocycles. The second kappa shape index (κ2) is 9.97. The van der Waals surface area contributed by atoms with Gasteiger partial charge in [-0.15, -0.1) is 0 Å². The molecule has 1 amide bonds. The number of aryl methyl sites for hydroxylation is 2. The van der Waals surface area contributed by atoms with Crippen LogP contribution in [0.3, 0.4) is 0 Å². The molecule has 0 aliphatic carbocycles. The maximum absolute atomic E-state index is 12.4. The van der Waals surface area contributed by atoms with E-state index in [1.807, 2.05) is 43.0 Å². The van der Waals surface area contributed by atoms with Gasteiger partial charge in [0.05, 0.1) is 18.1 Å². The van der Waals surface area contributed by atoms with Gasteiger partial charge >= 0.3 is 0 Å². The fourth-order valence-corrected chi connectivity index (χ4v) is 4.84. The molecule has 1 saturated heterocycles. The highest BCUT2D eigenvalue weighted by Crippen LogP contribution is 2.33. The van der Waals surface area contributed by atoms with E-state index in [0.717, 1.165) is 65.3 Å². The Balaban J connectivity index is 1.56. The summed E-state index contributed by atoms with van der Waals surface area (Å²) in [6.07, 6.45) is 1.94. The van der Waals surface area contributed by atoms with E-state index < -0.39 is 0 Å². The third-order valence-electron chi connectivity index (χ3n) is 6.58. The third kappa shape index (κ3) is 5.47. The van der Waals surface area contributed by atoms with Crippen LogP contribution in [0.15, 0.2) is 36.4 Å². The predicted octanol–water partition coefficient (Wildman–Crippen LogP) is 4.27. The Hall–Kier alpha value is -3.19. The predicted molar refractivity (Wildman–Crippen MR) is 139 cm³/mol. The number of nitrogen functional groups attached to an aromatic ring is 1. The second-order valence-electron chi connectivity index (χ2n) is 9.83. The van der Waals surface area contributed by atoms with Crippen molar-refractivity contribution in [1.29, 1.82) is 0 Å². The van der Waals surface area contributed by atoms with Gasteiger partial charge in [0, 0.05) is 24.2 Å². The van der Waals surface area contributed by atoms with Crippen molar-refractivity contribution in [3.8, 4) is 0 Å². The monoisotopic (exact) mass is 460 g/mol. The van der Waals surface area contributed by atoms with E-state index in [-0.39, 0.29) is 11.9 Å². The van der Waals surface area contributed by atoms with Crippen molar-refractivity contribution in [2.75, 3.05) is 44.8 Å². The number of aromatic nitrogens is 2. The zero-order valence-electron chi connectivity index (χ0n) is 20.9. The Morgan fingerprint density at radius 2 is 1.88 bits per heavy atom. The first-order valence-corrected chi connectivity index (χ1v) is 12.0. The van der Waals surface area contributed by atoms with Crippen LogP contribution in [0.25, 0.3) is 10.9 Å². The fourth-order valence-electron chi connectivity index (χ4n) is 4.84. The van der Waals surface area contributed by atoms with Gasteiger partial charge in [-0.25, -0.2) is 9.97 Å². The molecule has 0 radical (unpaired) electrons. The van der Waals surface area contributed by atoms with Gasteiger partial charge in [0.15, 0.2) is 0 Å². The molecule has 7 heteroatoms. The summed E-state index contributed by atoms with van der Waals surface area (Å²) in [6.45, 7) is 8.18. The van der Waals surface area contributed by atoms with Crippen molar-refractivity contribution in [3.05, 3.63) is 58.9 Å². The van der Waals surface area contributed by atoms with Crippen LogP contribution in [-0.2, 0) is 4.79 Å². The van der Waals surface area contributed by atoms with Crippen molar-refractivity contribution in [2.45, 2.75) is 45.6 Å². The van der Waals surface area contributed by atoms with Crippen LogP contribution >= 0.6 is 0 Å². The maximum atomic E-state index is 12.4. The number of benzene rings is 2. The summed E-state index contributed by atoms with van der Waals surface area (Å²) in [4.78, 5) is 25.8. The molecule has 180 valence electrons. The Labute approximate surface area is 202 Å². The van der Waals surface area contributed by atoms with E-state index in [0.29, 0.717) is 12.5 Å². The first-order valence-electron chi connectivity index (χ1n) is 12.0. The largest absolute Gasteiger partial charge is 0.399 e. The molecule has 3 N–H and O–H groups in total. The number of rotatable bonds is 6. The van der Waals surface area contributed by atoms with Crippen LogP contribution in [0.2, 0.25) is 0 Å². The lowest BCUT2D eigenvalue weighted by Crippen LogP contribution is -2.42. The maximum Gasteiger partial charge on any atom is 0.236 e. The summed E-state index contributed by atoms with van der Waals surface area (Å²) < 4.78 is 0. The van der Waals surface area contributed by atoms with E-state index >= 15 is 0 Å². The topological polar surface area (TPSA) is 87.4 Å². The molecule has 3 aromatic rings. The highest BCUT2D eigenvalue weighted by atomic mass is 16.2. The quantitative estimate of drug-likeness (QED) is 0.534. The molecule has 1 aromatic heterocycles. The van der Waals surface area contributed by atoms with Crippen molar-refractivity contribution < 1.29 is 4.79 Å². The minimum Gasteiger partial charge on any atom is -0.399 e. The molecule has 0 bridgehead atoms. The van der Waals surface area contributed by atoms with Crippen LogP contribution in [0.5, 0.6) is 0 Å². The van der Waals surface area contributed by atoms with Crippen LogP contribution in [0, 0.1) is 13.8 Å². The SMILES string of the molecule is Cc1cc(N)cc([C@@H](C)Nc2nc(C)nc3ccc(C4CCN(C(=O)CN(C)C)CC4)cc23)c1. The molecule has 0 saturated carbocycles. The van der Waals surface area contributed by atoms with Gasteiger partial charge in [0.2, 0.25) is 5.91 Å². The van der Waals surface area contributed by atoms with Gasteiger partial charge in [0.25, 0.3) is 0 Å². The van der Waals surface area contributed by atoms with E-state index in [9.17, 15) is 4.79 Å². The number of nitrogens with one attached hydrogen (secondary N) is 1. The standard InChI is InChI=1S/C27H36N6O/c1-17-12-22(14-23(28)13-17)18(2)29-27-24-15-21(6-7-25(24)30-19(3)31-27)20-8-10-33(11-9-20)26(34)16-32(4)5/h6-7,12-15,18,20H,8-11,16,28H2,1-5H3,(H,29,30,31)/t18-/m1/s1. The first-order chi connectivity index (χ1) is 16.2. The zero-order valence-corrected chi connectivity index (χ0v) is 20.9. The Morgan fingerprint density at radius 1 is 1.15 bits per heavy atom. The minimum atomic E-state index is 0.0503. The van der Waals surface area contributed by atoms with Gasteiger partial charge < -0.3 is 20.9 Å². The Morgan fingerprint density at radius 3 is 2.56 bits per heavy atom. The van der Waals surface area contributed by atoms with Gasteiger partial charge in [-0.2, -0.15) is 0 Å². The first kappa shape index (κ1) is 24.0. The van der Waals surface area contributed by atoms with E-state index in [2.05, 4.69) is 48.4 Å². The van der Waals surface area contributed by atoms with Crippen LogP contribution < -0.4 is 11.1 Å². The Bertz CT molecular complexity index is 1160. The summed E-state index contributed by atoms with van der Waals surface area (Å²) in [5.41, 5.74) is 11.3. The average molecular weight is 461 g/mol. The lowest BCUT2D eigenvalue weighted by atomic mass is 9.88. The molecule has 1 fully saturated rings. The number of hydrogen-bond acceptors (Lipinski definition) is 6. The number of amides is 1. The van der Waals surface area contributed by atoms with Crippen LogP contribution in [-0.4, -0.2) is 59.4 Å². The molecule has 34 heavy (non-hydrogen) atoms. The fraction of sp³-hybridized carbons (Fsp3) is 0.444. The third-order valence-corrected chi connectivity index (χ3v) is 6.58. The lowest BCUT2D eigenvalue weighted by molar-refractivity contribution is -0.132. The van der Waals surface area contributed by atoms with Crippen molar-refractivity contribution >= 4 is 28.3 Å². The molecular formula is C27H36N6O. The number of nitrogens with zero attached hydrogens (tertiary/aromatic N) is 4. The summed E-state index contributed by atoms with van der Waals surface area (Å²) in [6, 6.07) is 12.7. The number of likely N-dealkylation sites (tertiary alicyclic amines) is 1. The Kier molecular flexibility index (Phi) is 7.03. The molecule has 1 aliphatic heterocycles. The molecule has 1 aliphatic rings. The van der Waals surface area contributed by atoms with E-state index in [1.165, 1.54) is 5.56 Å². The summed E-state index contributed by atoms with van der Waals surface area (Å²) in [5.74, 6) is 2.22. The number of piperidine rings is 1. The smallest absolute Gasteiger partial charge is 0.236 e. The van der Waals surface area contributed by atoms with Gasteiger partial charge in [0.1, 0.15) is 11.6 Å². The normalized spacial score (nSPS) is 15.6. The zero-order chi connectivity index (χ0) is 24.4. The average Bonchev–Trinajstić information content (AvgIpc) is 2.77. The number of carbonyl (C=O) groups excluding carboxylic acids is 1. The number of anilines is 2. The summed E-state index contributed by atoms with van der Waals surface area (Å²) in [5, 5.41) is 4.63. The number of likely N-dealkylation sites (N-methyl/N-ethyl adjacent to an activating group) is 1. The van der Waals surface area contributed by atoms with Crippen LogP contribution in [0.4, 0.5) is 11.5 Å². The van der Waals surface area contributed by atoms with E-state index in [1.54, 1.807) is 0 Å². The highest BCUT2D eigenvalue weighted by Gasteiger charge is 2.24. The summed E-state index contributed by atoms with van der Waals surface area (Å²) >= 11 is 0. The highest BCUT2D eigenvalue weighted by molar-refractivity contribution is 5.90. The number of fused-ring (bicyclic) bond motifs is 1. The summed E-state index contributed by atoms with van der Waals surface area (Å²) in [7, 11) is 3.87. The molecule has 4 rings (SSSR count). The van der Waals surface area contributed by atoms with Crippen molar-refractivity contribution in [2.24, 2.45) is 0 Å². The van der Waals surface area contributed by atoms with Crippen molar-refractivity contribution in [1.82, 2.24) is 19.8 Å². The van der Waals surface area contributed by atoms with Crippen LogP contribution in [0.1, 0.15) is 54.2 Å². The van der Waals surface area contributed by atoms with Crippen molar-refractivity contribution in [3.63, 3.8) is 0 Å².